The van der Waals surface area contributed by atoms with Crippen molar-refractivity contribution < 1.29 is 4.74 Å². The Kier molecular flexibility index (Phi) is 4.21. The Bertz CT molecular complexity index is 1620. The number of para-hydroxylation sites is 4. The van der Waals surface area contributed by atoms with Gasteiger partial charge in [0, 0.05) is 22.0 Å². The standard InChI is InChI=1S/C31H22N2O/c1-2-8-24(9-3-1)33-28-12-6-4-10-25(28)26-19-18-23(20-29(26)33)21-14-16-22(17-15-21)31-32-27-11-5-7-13-30(27)34-31/h1-20,31-32H. The highest BCUT2D eigenvalue weighted by Crippen LogP contribution is 2.38. The summed E-state index contributed by atoms with van der Waals surface area (Å²) in [5.74, 6) is 0.899. The summed E-state index contributed by atoms with van der Waals surface area (Å²) in [5, 5.41) is 5.98. The molecule has 0 fully saturated rings. The third kappa shape index (κ3) is 2.98. The Balaban J connectivity index is 1.30. The second kappa shape index (κ2) is 7.53. The molecular formula is C31H22N2O. The molecule has 34 heavy (non-hydrogen) atoms. The number of nitrogens with one attached hydrogen (secondary N) is 1. The van der Waals surface area contributed by atoms with Crippen LogP contribution in [0.2, 0.25) is 0 Å². The number of aromatic nitrogens is 1. The lowest BCUT2D eigenvalue weighted by molar-refractivity contribution is 0.260. The van der Waals surface area contributed by atoms with Crippen molar-refractivity contribution in [3.05, 3.63) is 127 Å². The Labute approximate surface area is 197 Å². The van der Waals surface area contributed by atoms with E-state index in [0.29, 0.717) is 0 Å². The summed E-state index contributed by atoms with van der Waals surface area (Å²) in [5.41, 5.74) is 8.14. The van der Waals surface area contributed by atoms with Crippen LogP contribution in [-0.2, 0) is 0 Å². The van der Waals surface area contributed by atoms with Crippen LogP contribution >= 0.6 is 0 Å². The molecule has 162 valence electrons. The lowest BCUT2D eigenvalue weighted by Crippen LogP contribution is -2.09. The largest absolute Gasteiger partial charge is 0.464 e. The summed E-state index contributed by atoms with van der Waals surface area (Å²) < 4.78 is 8.44. The molecule has 6 aromatic rings. The van der Waals surface area contributed by atoms with Crippen molar-refractivity contribution in [1.82, 2.24) is 4.57 Å². The van der Waals surface area contributed by atoms with Gasteiger partial charge >= 0.3 is 0 Å². The first-order valence-corrected chi connectivity index (χ1v) is 11.6. The van der Waals surface area contributed by atoms with Crippen LogP contribution in [0.1, 0.15) is 11.8 Å². The van der Waals surface area contributed by atoms with Crippen molar-refractivity contribution in [2.24, 2.45) is 0 Å². The molecule has 5 aromatic carbocycles. The normalized spacial score (nSPS) is 14.6. The van der Waals surface area contributed by atoms with E-state index < -0.39 is 0 Å². The van der Waals surface area contributed by atoms with E-state index >= 15 is 0 Å². The fraction of sp³-hybridized carbons (Fsp3) is 0.0323. The minimum atomic E-state index is -0.158. The highest BCUT2D eigenvalue weighted by Gasteiger charge is 2.22. The van der Waals surface area contributed by atoms with Crippen LogP contribution in [-0.4, -0.2) is 4.57 Å². The van der Waals surface area contributed by atoms with Crippen molar-refractivity contribution >= 4 is 27.5 Å². The van der Waals surface area contributed by atoms with Crippen LogP contribution in [0, 0.1) is 0 Å². The van der Waals surface area contributed by atoms with Crippen molar-refractivity contribution in [1.29, 1.82) is 0 Å². The SMILES string of the molecule is c1ccc(-n2c3ccccc3c3ccc(-c4ccc(C5Nc6ccccc6O5)cc4)cc32)cc1. The number of hydrogen-bond acceptors (Lipinski definition) is 2. The number of fused-ring (bicyclic) bond motifs is 4. The molecule has 1 N–H and O–H groups in total. The van der Waals surface area contributed by atoms with Crippen molar-refractivity contribution in [2.45, 2.75) is 6.23 Å². The van der Waals surface area contributed by atoms with E-state index in [-0.39, 0.29) is 6.23 Å². The Hall–Kier alpha value is -4.50. The molecule has 1 unspecified atom stereocenters. The number of benzene rings is 5. The first-order valence-electron chi connectivity index (χ1n) is 11.6. The van der Waals surface area contributed by atoms with Crippen LogP contribution in [0.15, 0.2) is 121 Å². The summed E-state index contributed by atoms with van der Waals surface area (Å²) in [6.45, 7) is 0. The summed E-state index contributed by atoms with van der Waals surface area (Å²) in [6, 6.07) is 42.7. The smallest absolute Gasteiger partial charge is 0.196 e. The van der Waals surface area contributed by atoms with Gasteiger partial charge in [-0.05, 0) is 47.5 Å². The fourth-order valence-electron chi connectivity index (χ4n) is 4.99. The number of nitrogens with zero attached hydrogens (tertiary/aromatic N) is 1. The molecule has 0 amide bonds. The second-order valence-electron chi connectivity index (χ2n) is 8.68. The molecule has 0 bridgehead atoms. The molecule has 1 aromatic heterocycles. The van der Waals surface area contributed by atoms with Gasteiger partial charge in [-0.1, -0.05) is 84.9 Å². The van der Waals surface area contributed by atoms with E-state index in [1.165, 1.54) is 38.6 Å². The van der Waals surface area contributed by atoms with Crippen LogP contribution in [0.3, 0.4) is 0 Å². The van der Waals surface area contributed by atoms with E-state index in [2.05, 4.69) is 107 Å². The summed E-state index contributed by atoms with van der Waals surface area (Å²) in [6.07, 6.45) is -0.158. The predicted octanol–water partition coefficient (Wildman–Crippen LogP) is 7.95. The van der Waals surface area contributed by atoms with Crippen LogP contribution in [0.4, 0.5) is 5.69 Å². The third-order valence-electron chi connectivity index (χ3n) is 6.65. The van der Waals surface area contributed by atoms with Gasteiger partial charge in [0.05, 0.1) is 16.7 Å². The summed E-state index contributed by atoms with van der Waals surface area (Å²) >= 11 is 0. The van der Waals surface area contributed by atoms with Crippen LogP contribution in [0.25, 0.3) is 38.6 Å². The highest BCUT2D eigenvalue weighted by molar-refractivity contribution is 6.10. The zero-order valence-corrected chi connectivity index (χ0v) is 18.5. The second-order valence-corrected chi connectivity index (χ2v) is 8.68. The average Bonchev–Trinajstić information content (AvgIpc) is 3.48. The maximum Gasteiger partial charge on any atom is 0.196 e. The molecule has 0 aliphatic carbocycles. The number of anilines is 1. The molecule has 1 aliphatic heterocycles. The van der Waals surface area contributed by atoms with Gasteiger partial charge in [-0.2, -0.15) is 0 Å². The Morgan fingerprint density at radius 1 is 0.588 bits per heavy atom. The molecule has 2 heterocycles. The van der Waals surface area contributed by atoms with Crippen molar-refractivity contribution in [3.63, 3.8) is 0 Å². The molecule has 0 spiro atoms. The van der Waals surface area contributed by atoms with Gasteiger partial charge in [0.2, 0.25) is 0 Å². The first-order chi connectivity index (χ1) is 16.8. The van der Waals surface area contributed by atoms with Gasteiger partial charge in [-0.3, -0.25) is 0 Å². The fourth-order valence-corrected chi connectivity index (χ4v) is 4.99. The van der Waals surface area contributed by atoms with E-state index in [1.807, 2.05) is 24.3 Å². The Morgan fingerprint density at radius 3 is 2.15 bits per heavy atom. The van der Waals surface area contributed by atoms with Gasteiger partial charge in [0.25, 0.3) is 0 Å². The monoisotopic (exact) mass is 438 g/mol. The topological polar surface area (TPSA) is 26.2 Å². The van der Waals surface area contributed by atoms with E-state index in [1.54, 1.807) is 0 Å². The van der Waals surface area contributed by atoms with E-state index in [4.69, 9.17) is 4.74 Å². The van der Waals surface area contributed by atoms with Gasteiger partial charge in [0.15, 0.2) is 6.23 Å². The number of hydrogen-bond donors (Lipinski definition) is 1. The summed E-state index contributed by atoms with van der Waals surface area (Å²) in [4.78, 5) is 0. The number of rotatable bonds is 3. The molecule has 7 rings (SSSR count). The van der Waals surface area contributed by atoms with Crippen molar-refractivity contribution in [2.75, 3.05) is 5.32 Å². The first kappa shape index (κ1) is 19.0. The van der Waals surface area contributed by atoms with Crippen molar-refractivity contribution in [3.8, 4) is 22.6 Å². The maximum absolute atomic E-state index is 6.08. The molecular weight excluding hydrogens is 416 g/mol. The third-order valence-corrected chi connectivity index (χ3v) is 6.65. The zero-order chi connectivity index (χ0) is 22.5. The molecule has 1 aliphatic rings. The highest BCUT2D eigenvalue weighted by atomic mass is 16.5. The number of ether oxygens (including phenoxy) is 1. The Morgan fingerprint density at radius 2 is 1.29 bits per heavy atom. The molecule has 3 heteroatoms. The lowest BCUT2D eigenvalue weighted by atomic mass is 10.0. The van der Waals surface area contributed by atoms with Gasteiger partial charge < -0.3 is 14.6 Å². The zero-order valence-electron chi connectivity index (χ0n) is 18.5. The maximum atomic E-state index is 6.08. The van der Waals surface area contributed by atoms with Crippen LogP contribution in [0.5, 0.6) is 5.75 Å². The van der Waals surface area contributed by atoms with Gasteiger partial charge in [0.1, 0.15) is 5.75 Å². The molecule has 3 nitrogen and oxygen atoms in total. The minimum Gasteiger partial charge on any atom is -0.464 e. The van der Waals surface area contributed by atoms with Gasteiger partial charge in [-0.15, -0.1) is 0 Å². The molecule has 0 radical (unpaired) electrons. The summed E-state index contributed by atoms with van der Waals surface area (Å²) in [7, 11) is 0. The van der Waals surface area contributed by atoms with Gasteiger partial charge in [-0.25, -0.2) is 0 Å². The van der Waals surface area contributed by atoms with E-state index in [0.717, 1.165) is 17.0 Å². The average molecular weight is 439 g/mol. The predicted molar refractivity (Wildman–Crippen MR) is 140 cm³/mol. The lowest BCUT2D eigenvalue weighted by Gasteiger charge is -2.13. The molecule has 0 saturated heterocycles. The quantitative estimate of drug-likeness (QED) is 0.303. The van der Waals surface area contributed by atoms with E-state index in [9.17, 15) is 0 Å². The molecule has 1 atom stereocenters. The van der Waals surface area contributed by atoms with Crippen LogP contribution < -0.4 is 10.1 Å². The minimum absolute atomic E-state index is 0.158. The molecule has 0 saturated carbocycles.